The number of hydrogen-bond donors (Lipinski definition) is 6. The van der Waals surface area contributed by atoms with E-state index < -0.39 is 50.5 Å². The smallest absolute Gasteiger partial charge is 0.104 e. The summed E-state index contributed by atoms with van der Waals surface area (Å²) >= 11 is 0. The molecule has 10 heteroatoms. The lowest BCUT2D eigenvalue weighted by Crippen LogP contribution is -2.43. The molecule has 10 nitrogen and oxygen atoms in total. The first kappa shape index (κ1) is 23.6. The molecule has 2 heterocycles. The lowest BCUT2D eigenvalue weighted by Gasteiger charge is -2.31. The van der Waals surface area contributed by atoms with Crippen LogP contribution in [0.1, 0.15) is 0 Å². The molecule has 2 unspecified atom stereocenters. The normalized spacial score (nSPS) is 21.9. The maximum absolute atomic E-state index is 9.03. The van der Waals surface area contributed by atoms with Crippen LogP contribution in [0.25, 0.3) is 0 Å². The Labute approximate surface area is 152 Å². The largest absolute Gasteiger partial charge is 0.396 e. The number of rotatable bonds is 14. The summed E-state index contributed by atoms with van der Waals surface area (Å²) in [5, 5.41) is 54.2. The van der Waals surface area contributed by atoms with Crippen molar-refractivity contribution in [1.29, 1.82) is 0 Å². The van der Waals surface area contributed by atoms with E-state index in [4.69, 9.17) is 49.6 Å². The third-order valence-corrected chi connectivity index (χ3v) is 4.24. The van der Waals surface area contributed by atoms with Crippen LogP contribution in [0.15, 0.2) is 0 Å². The van der Waals surface area contributed by atoms with E-state index >= 15 is 0 Å². The number of aliphatic hydroxyl groups is 6. The van der Waals surface area contributed by atoms with Gasteiger partial charge in [0, 0.05) is 0 Å². The van der Waals surface area contributed by atoms with E-state index in [2.05, 4.69) is 0 Å². The fourth-order valence-electron chi connectivity index (χ4n) is 1.72. The number of aliphatic hydroxyl groups excluding tert-OH is 6. The molecule has 26 heavy (non-hydrogen) atoms. The van der Waals surface area contributed by atoms with Gasteiger partial charge in [0.1, 0.15) is 12.2 Å². The van der Waals surface area contributed by atoms with E-state index in [1.54, 1.807) is 0 Å². The van der Waals surface area contributed by atoms with Gasteiger partial charge in [0.2, 0.25) is 0 Å². The lowest BCUT2D eigenvalue weighted by atomic mass is 9.91. The van der Waals surface area contributed by atoms with Crippen LogP contribution < -0.4 is 0 Å². The van der Waals surface area contributed by atoms with Gasteiger partial charge in [-0.3, -0.25) is 0 Å². The SMILES string of the molecule is C(OCC1CO1)C1CO1.OCC(CO)(CO)COCC(CO)(CO)CO. The zero-order valence-corrected chi connectivity index (χ0v) is 15.0. The average molecular weight is 384 g/mol. The number of epoxide rings is 2. The Morgan fingerprint density at radius 2 is 0.923 bits per heavy atom. The quantitative estimate of drug-likeness (QED) is 0.167. The Bertz CT molecular complexity index is 302. The fourth-order valence-corrected chi connectivity index (χ4v) is 1.72. The van der Waals surface area contributed by atoms with E-state index in [0.717, 1.165) is 26.4 Å². The summed E-state index contributed by atoms with van der Waals surface area (Å²) in [5.74, 6) is 0. The van der Waals surface area contributed by atoms with Gasteiger partial charge in [0.15, 0.2) is 0 Å². The van der Waals surface area contributed by atoms with Gasteiger partial charge in [0.05, 0.1) is 90.1 Å². The highest BCUT2D eigenvalue weighted by atomic mass is 16.6. The Morgan fingerprint density at radius 1 is 0.615 bits per heavy atom. The second kappa shape index (κ2) is 12.1. The minimum Gasteiger partial charge on any atom is -0.396 e. The molecular formula is C16H32O10. The maximum atomic E-state index is 9.03. The van der Waals surface area contributed by atoms with Crippen molar-refractivity contribution in [3.05, 3.63) is 0 Å². The predicted molar refractivity (Wildman–Crippen MR) is 88.5 cm³/mol. The van der Waals surface area contributed by atoms with Crippen molar-refractivity contribution in [2.45, 2.75) is 12.2 Å². The van der Waals surface area contributed by atoms with Crippen molar-refractivity contribution < 1.29 is 49.6 Å². The second-order valence-electron chi connectivity index (χ2n) is 6.89. The highest BCUT2D eigenvalue weighted by Crippen LogP contribution is 2.19. The summed E-state index contributed by atoms with van der Waals surface area (Å²) in [7, 11) is 0. The minimum atomic E-state index is -1.16. The lowest BCUT2D eigenvalue weighted by molar-refractivity contribution is -0.103. The fraction of sp³-hybridized carbons (Fsp3) is 1.00. The predicted octanol–water partition coefficient (Wildman–Crippen LogP) is -3.27. The second-order valence-corrected chi connectivity index (χ2v) is 6.89. The molecule has 6 N–H and O–H groups in total. The first-order chi connectivity index (χ1) is 12.5. The summed E-state index contributed by atoms with van der Waals surface area (Å²) in [5.41, 5.74) is -2.32. The van der Waals surface area contributed by atoms with Crippen LogP contribution in [0.5, 0.6) is 0 Å². The molecule has 0 aromatic carbocycles. The third-order valence-electron chi connectivity index (χ3n) is 4.24. The monoisotopic (exact) mass is 384 g/mol. The average Bonchev–Trinajstić information content (AvgIpc) is 3.60. The molecule has 156 valence electrons. The van der Waals surface area contributed by atoms with E-state index in [1.807, 2.05) is 0 Å². The Morgan fingerprint density at radius 3 is 1.15 bits per heavy atom. The molecule has 2 fully saturated rings. The van der Waals surface area contributed by atoms with Gasteiger partial charge in [-0.2, -0.15) is 0 Å². The first-order valence-electron chi connectivity index (χ1n) is 8.56. The van der Waals surface area contributed by atoms with Gasteiger partial charge >= 0.3 is 0 Å². The van der Waals surface area contributed by atoms with E-state index in [-0.39, 0.29) is 13.2 Å². The van der Waals surface area contributed by atoms with Gasteiger partial charge < -0.3 is 49.6 Å². The molecule has 2 aliphatic rings. The van der Waals surface area contributed by atoms with Crippen LogP contribution in [0.2, 0.25) is 0 Å². The molecule has 0 spiro atoms. The minimum absolute atomic E-state index is 0.141. The summed E-state index contributed by atoms with van der Waals surface area (Å²) in [6.07, 6.45) is 0.785. The van der Waals surface area contributed by atoms with Gasteiger partial charge in [0.25, 0.3) is 0 Å². The molecule has 0 amide bonds. The standard InChI is InChI=1S/C10H22O7.C6H10O3/c11-1-9(2-12,3-13)7-17-8-10(4-14,5-15)6-16;1(5-3-8-5)7-2-6-4-9-6/h11-16H,1-8H2;5-6H,1-4H2. The molecule has 0 aromatic rings. The number of hydrogen-bond acceptors (Lipinski definition) is 10. The zero-order chi connectivity index (χ0) is 19.5. The first-order valence-corrected chi connectivity index (χ1v) is 8.56. The summed E-state index contributed by atoms with van der Waals surface area (Å²) in [6.45, 7) is 0.255. The zero-order valence-electron chi connectivity index (χ0n) is 15.0. The maximum Gasteiger partial charge on any atom is 0.104 e. The molecule has 2 aliphatic heterocycles. The molecule has 0 aliphatic carbocycles. The van der Waals surface area contributed by atoms with Crippen LogP contribution in [-0.4, -0.2) is 122 Å². The molecular weight excluding hydrogens is 352 g/mol. The van der Waals surface area contributed by atoms with Crippen molar-refractivity contribution in [3.8, 4) is 0 Å². The van der Waals surface area contributed by atoms with Gasteiger partial charge in [-0.15, -0.1) is 0 Å². The van der Waals surface area contributed by atoms with Gasteiger partial charge in [-0.25, -0.2) is 0 Å². The molecule has 0 radical (unpaired) electrons. The van der Waals surface area contributed by atoms with Crippen molar-refractivity contribution in [1.82, 2.24) is 0 Å². The van der Waals surface area contributed by atoms with Gasteiger partial charge in [-0.05, 0) is 0 Å². The Balaban J connectivity index is 0.000000308. The van der Waals surface area contributed by atoms with Crippen LogP contribution in [-0.2, 0) is 18.9 Å². The molecule has 2 saturated heterocycles. The van der Waals surface area contributed by atoms with Gasteiger partial charge in [-0.1, -0.05) is 0 Å². The highest BCUT2D eigenvalue weighted by molar-refractivity contribution is 4.80. The molecule has 2 rings (SSSR count). The molecule has 0 aromatic heterocycles. The summed E-state index contributed by atoms with van der Waals surface area (Å²) in [6, 6.07) is 0. The van der Waals surface area contributed by atoms with Crippen LogP contribution in [0.4, 0.5) is 0 Å². The Kier molecular flexibility index (Phi) is 11.0. The van der Waals surface area contributed by atoms with E-state index in [9.17, 15) is 0 Å². The summed E-state index contributed by atoms with van der Waals surface area (Å²) in [4.78, 5) is 0. The molecule has 2 atom stereocenters. The Hall–Kier alpha value is -0.400. The van der Waals surface area contributed by atoms with Crippen molar-refractivity contribution in [2.75, 3.05) is 79.3 Å². The summed E-state index contributed by atoms with van der Waals surface area (Å²) < 4.78 is 20.3. The topological polar surface area (TPSA) is 165 Å². The number of ether oxygens (including phenoxy) is 4. The van der Waals surface area contributed by atoms with Crippen molar-refractivity contribution in [2.24, 2.45) is 10.8 Å². The van der Waals surface area contributed by atoms with E-state index in [0.29, 0.717) is 12.2 Å². The van der Waals surface area contributed by atoms with Crippen LogP contribution in [0.3, 0.4) is 0 Å². The third kappa shape index (κ3) is 8.53. The van der Waals surface area contributed by atoms with Crippen molar-refractivity contribution in [3.63, 3.8) is 0 Å². The van der Waals surface area contributed by atoms with Crippen LogP contribution in [0, 0.1) is 10.8 Å². The van der Waals surface area contributed by atoms with E-state index in [1.165, 1.54) is 0 Å². The highest BCUT2D eigenvalue weighted by Gasteiger charge is 2.32. The molecule has 0 saturated carbocycles. The molecule has 0 bridgehead atoms. The van der Waals surface area contributed by atoms with Crippen molar-refractivity contribution >= 4 is 0 Å². The van der Waals surface area contributed by atoms with Crippen LogP contribution >= 0.6 is 0 Å².